The molecular weight excluding hydrogens is 286 g/mol. The first kappa shape index (κ1) is 14.6. The van der Waals surface area contributed by atoms with Crippen LogP contribution in [0.2, 0.25) is 0 Å². The Morgan fingerprint density at radius 2 is 2.14 bits per heavy atom. The number of aromatic nitrogens is 2. The van der Waals surface area contributed by atoms with Gasteiger partial charge in [0.25, 0.3) is 0 Å². The molecule has 0 radical (unpaired) electrons. The third-order valence-corrected chi connectivity index (χ3v) is 2.76. The van der Waals surface area contributed by atoms with Crippen LogP contribution in [0.4, 0.5) is 20.2 Å². The Balaban J connectivity index is 2.11. The number of nitro groups is 1. The molecule has 1 aromatic carbocycles. The fourth-order valence-electron chi connectivity index (χ4n) is 1.57. The van der Waals surface area contributed by atoms with Crippen LogP contribution in [0.15, 0.2) is 30.6 Å². The maximum absolute atomic E-state index is 13.0. The van der Waals surface area contributed by atoms with E-state index in [4.69, 9.17) is 0 Å². The first-order chi connectivity index (χ1) is 9.88. The van der Waals surface area contributed by atoms with Crippen LogP contribution in [-0.2, 0) is 4.79 Å². The summed E-state index contributed by atoms with van der Waals surface area (Å²) in [6, 6.07) is 2.07. The Labute approximate surface area is 117 Å². The molecule has 2 rings (SSSR count). The fraction of sp³-hybridized carbons (Fsp3) is 0.167. The minimum Gasteiger partial charge on any atom is -0.324 e. The number of anilines is 1. The van der Waals surface area contributed by atoms with Crippen LogP contribution in [0.25, 0.3) is 0 Å². The predicted octanol–water partition coefficient (Wildman–Crippen LogP) is 2.27. The van der Waals surface area contributed by atoms with E-state index >= 15 is 0 Å². The van der Waals surface area contributed by atoms with Crippen LogP contribution in [0.3, 0.4) is 0 Å². The molecular formula is C12H10F2N4O3. The summed E-state index contributed by atoms with van der Waals surface area (Å²) >= 11 is 0. The van der Waals surface area contributed by atoms with Gasteiger partial charge in [-0.1, -0.05) is 0 Å². The normalized spacial score (nSPS) is 12.0. The van der Waals surface area contributed by atoms with Crippen LogP contribution in [0.1, 0.15) is 13.0 Å². The molecule has 0 saturated heterocycles. The topological polar surface area (TPSA) is 90.1 Å². The summed E-state index contributed by atoms with van der Waals surface area (Å²) < 4.78 is 26.9. The lowest BCUT2D eigenvalue weighted by Crippen LogP contribution is -2.24. The number of nitrogens with zero attached hydrogens (tertiary/aromatic N) is 3. The zero-order valence-electron chi connectivity index (χ0n) is 10.8. The summed E-state index contributed by atoms with van der Waals surface area (Å²) in [4.78, 5) is 21.8. The molecule has 0 unspecified atom stereocenters. The van der Waals surface area contributed by atoms with Crippen LogP contribution in [-0.4, -0.2) is 20.6 Å². The highest BCUT2D eigenvalue weighted by Gasteiger charge is 2.19. The van der Waals surface area contributed by atoms with Crippen molar-refractivity contribution in [3.63, 3.8) is 0 Å². The molecule has 1 amide bonds. The van der Waals surface area contributed by atoms with Crippen LogP contribution >= 0.6 is 0 Å². The van der Waals surface area contributed by atoms with Gasteiger partial charge in [0.15, 0.2) is 11.6 Å². The van der Waals surface area contributed by atoms with Crippen molar-refractivity contribution in [1.29, 1.82) is 0 Å². The van der Waals surface area contributed by atoms with Crippen molar-refractivity contribution < 1.29 is 18.5 Å². The van der Waals surface area contributed by atoms with Crippen molar-refractivity contribution in [1.82, 2.24) is 9.78 Å². The second-order valence-electron chi connectivity index (χ2n) is 4.23. The Kier molecular flexibility index (Phi) is 3.92. The zero-order valence-corrected chi connectivity index (χ0v) is 10.8. The molecule has 7 nitrogen and oxygen atoms in total. The van der Waals surface area contributed by atoms with Crippen molar-refractivity contribution >= 4 is 17.3 Å². The molecule has 21 heavy (non-hydrogen) atoms. The predicted molar refractivity (Wildman–Crippen MR) is 68.6 cm³/mol. The van der Waals surface area contributed by atoms with E-state index in [1.807, 2.05) is 0 Å². The number of benzene rings is 1. The third kappa shape index (κ3) is 3.19. The number of hydrogen-bond donors (Lipinski definition) is 1. The number of carbonyl (C=O) groups excluding carboxylic acids is 1. The maximum atomic E-state index is 13.0. The Hall–Kier alpha value is -2.84. The molecule has 1 atom stereocenters. The third-order valence-electron chi connectivity index (χ3n) is 2.76. The standard InChI is InChI=1S/C12H10F2N4O3/c1-7(17-6-9(5-15-17)18(20)21)12(19)16-8-2-3-10(13)11(14)4-8/h2-7H,1H3,(H,16,19)/t7-/m0/s1. The molecule has 0 spiro atoms. The molecule has 0 aliphatic rings. The highest BCUT2D eigenvalue weighted by molar-refractivity contribution is 5.93. The largest absolute Gasteiger partial charge is 0.324 e. The van der Waals surface area contributed by atoms with E-state index in [1.54, 1.807) is 0 Å². The molecule has 2 aromatic rings. The molecule has 1 heterocycles. The van der Waals surface area contributed by atoms with Crippen molar-refractivity contribution in [2.75, 3.05) is 5.32 Å². The molecule has 9 heteroatoms. The van der Waals surface area contributed by atoms with E-state index in [-0.39, 0.29) is 11.4 Å². The number of halogens is 2. The lowest BCUT2D eigenvalue weighted by Gasteiger charge is -2.12. The highest BCUT2D eigenvalue weighted by Crippen LogP contribution is 2.17. The minimum atomic E-state index is -1.09. The van der Waals surface area contributed by atoms with Crippen molar-refractivity contribution in [2.24, 2.45) is 0 Å². The van der Waals surface area contributed by atoms with Gasteiger partial charge in [0.2, 0.25) is 5.91 Å². The fourth-order valence-corrected chi connectivity index (χ4v) is 1.57. The minimum absolute atomic E-state index is 0.0763. The van der Waals surface area contributed by atoms with Crippen molar-refractivity contribution in [3.8, 4) is 0 Å². The molecule has 1 aromatic heterocycles. The summed E-state index contributed by atoms with van der Waals surface area (Å²) in [6.07, 6.45) is 2.12. The molecule has 0 aliphatic carbocycles. The van der Waals surface area contributed by atoms with Gasteiger partial charge in [0.1, 0.15) is 18.4 Å². The zero-order chi connectivity index (χ0) is 15.6. The Bertz CT molecular complexity index is 702. The monoisotopic (exact) mass is 296 g/mol. The average molecular weight is 296 g/mol. The van der Waals surface area contributed by atoms with E-state index < -0.39 is 28.5 Å². The van der Waals surface area contributed by atoms with E-state index in [1.165, 1.54) is 13.0 Å². The lowest BCUT2D eigenvalue weighted by molar-refractivity contribution is -0.385. The summed E-state index contributed by atoms with van der Waals surface area (Å²) in [5.74, 6) is -2.68. The van der Waals surface area contributed by atoms with E-state index in [0.717, 1.165) is 29.2 Å². The van der Waals surface area contributed by atoms with Crippen molar-refractivity contribution in [3.05, 3.63) is 52.3 Å². The number of hydrogen-bond acceptors (Lipinski definition) is 4. The van der Waals surface area contributed by atoms with Crippen molar-refractivity contribution in [2.45, 2.75) is 13.0 Å². The first-order valence-electron chi connectivity index (χ1n) is 5.83. The van der Waals surface area contributed by atoms with Gasteiger partial charge in [-0.3, -0.25) is 19.6 Å². The van der Waals surface area contributed by atoms with E-state index in [9.17, 15) is 23.7 Å². The van der Waals surface area contributed by atoms with Gasteiger partial charge in [0, 0.05) is 11.8 Å². The van der Waals surface area contributed by atoms with Crippen LogP contribution < -0.4 is 5.32 Å². The first-order valence-corrected chi connectivity index (χ1v) is 5.83. The summed E-state index contributed by atoms with van der Waals surface area (Å²) in [5, 5.41) is 16.6. The second kappa shape index (κ2) is 5.65. The summed E-state index contributed by atoms with van der Waals surface area (Å²) in [6.45, 7) is 1.46. The van der Waals surface area contributed by atoms with Gasteiger partial charge in [-0.25, -0.2) is 8.78 Å². The molecule has 1 N–H and O–H groups in total. The maximum Gasteiger partial charge on any atom is 0.307 e. The smallest absolute Gasteiger partial charge is 0.307 e. The number of carbonyl (C=O) groups is 1. The SMILES string of the molecule is C[C@@H](C(=O)Nc1ccc(F)c(F)c1)n1cc([N+](=O)[O-])cn1. The van der Waals surface area contributed by atoms with Gasteiger partial charge in [-0.2, -0.15) is 5.10 Å². The average Bonchev–Trinajstić information content (AvgIpc) is 2.92. The molecule has 0 fully saturated rings. The molecule has 110 valence electrons. The highest BCUT2D eigenvalue weighted by atomic mass is 19.2. The Morgan fingerprint density at radius 1 is 1.43 bits per heavy atom. The number of rotatable bonds is 4. The van der Waals surface area contributed by atoms with Gasteiger partial charge in [-0.05, 0) is 19.1 Å². The van der Waals surface area contributed by atoms with E-state index in [0.29, 0.717) is 0 Å². The van der Waals surface area contributed by atoms with Gasteiger partial charge < -0.3 is 5.32 Å². The molecule has 0 bridgehead atoms. The molecule has 0 saturated carbocycles. The molecule has 0 aliphatic heterocycles. The lowest BCUT2D eigenvalue weighted by atomic mass is 10.2. The van der Waals surface area contributed by atoms with Crippen LogP contribution in [0.5, 0.6) is 0 Å². The van der Waals surface area contributed by atoms with Crippen LogP contribution in [0, 0.1) is 21.7 Å². The quantitative estimate of drug-likeness (QED) is 0.692. The number of amides is 1. The van der Waals surface area contributed by atoms with E-state index in [2.05, 4.69) is 10.4 Å². The second-order valence-corrected chi connectivity index (χ2v) is 4.23. The van der Waals surface area contributed by atoms with Gasteiger partial charge in [-0.15, -0.1) is 0 Å². The van der Waals surface area contributed by atoms with Gasteiger partial charge >= 0.3 is 5.69 Å². The summed E-state index contributed by atoms with van der Waals surface area (Å²) in [5.41, 5.74) is -0.171. The summed E-state index contributed by atoms with van der Waals surface area (Å²) in [7, 11) is 0. The number of nitrogens with one attached hydrogen (secondary N) is 1. The van der Waals surface area contributed by atoms with Gasteiger partial charge in [0.05, 0.1) is 4.92 Å². The Morgan fingerprint density at radius 3 is 2.71 bits per heavy atom.